The summed E-state index contributed by atoms with van der Waals surface area (Å²) in [5.74, 6) is -0.716. The zero-order valence-electron chi connectivity index (χ0n) is 14.1. The Hall–Kier alpha value is -2.27. The topological polar surface area (TPSA) is 41.1 Å². The Morgan fingerprint density at radius 1 is 1.04 bits per heavy atom. The fourth-order valence-corrected chi connectivity index (χ4v) is 2.53. The number of anilines is 1. The molecule has 2 N–H and O–H groups in total. The molecule has 0 saturated carbocycles. The summed E-state index contributed by atoms with van der Waals surface area (Å²) in [6.45, 7) is 5.93. The third-order valence-corrected chi connectivity index (χ3v) is 3.85. The van der Waals surface area contributed by atoms with Gasteiger partial charge in [-0.15, -0.1) is 0 Å². The Labute approximate surface area is 141 Å². The van der Waals surface area contributed by atoms with Crippen LogP contribution in [0.3, 0.4) is 0 Å². The van der Waals surface area contributed by atoms with E-state index in [1.54, 1.807) is 25.1 Å². The van der Waals surface area contributed by atoms with Gasteiger partial charge in [0.15, 0.2) is 0 Å². The Morgan fingerprint density at radius 2 is 1.67 bits per heavy atom. The van der Waals surface area contributed by atoms with Crippen LogP contribution in [0.1, 0.15) is 31.0 Å². The maximum atomic E-state index is 13.3. The predicted octanol–water partition coefficient (Wildman–Crippen LogP) is 4.20. The van der Waals surface area contributed by atoms with E-state index < -0.39 is 5.82 Å². The molecule has 0 radical (unpaired) electrons. The number of carbonyl (C=O) groups is 1. The number of nitrogens with one attached hydrogen (secondary N) is 2. The van der Waals surface area contributed by atoms with Gasteiger partial charge in [0.2, 0.25) is 5.91 Å². The second-order valence-electron chi connectivity index (χ2n) is 6.16. The van der Waals surface area contributed by atoms with Gasteiger partial charge in [-0.2, -0.15) is 0 Å². The molecule has 3 nitrogen and oxygen atoms in total. The summed E-state index contributed by atoms with van der Waals surface area (Å²) in [5, 5.41) is 5.89. The van der Waals surface area contributed by atoms with E-state index in [9.17, 15) is 13.6 Å². The first-order chi connectivity index (χ1) is 11.4. The average molecular weight is 332 g/mol. The Balaban J connectivity index is 2.00. The van der Waals surface area contributed by atoms with Gasteiger partial charge in [0.05, 0.1) is 6.54 Å². The maximum Gasteiger partial charge on any atom is 0.238 e. The quantitative estimate of drug-likeness (QED) is 0.832. The molecule has 0 aromatic heterocycles. The van der Waals surface area contributed by atoms with E-state index in [4.69, 9.17) is 0 Å². The number of rotatable bonds is 6. The fraction of sp³-hybridized carbons (Fsp3) is 0.316. The van der Waals surface area contributed by atoms with E-state index in [-0.39, 0.29) is 30.2 Å². The van der Waals surface area contributed by atoms with Crippen LogP contribution in [0.15, 0.2) is 42.5 Å². The van der Waals surface area contributed by atoms with E-state index in [1.165, 1.54) is 24.3 Å². The highest BCUT2D eigenvalue weighted by Gasteiger charge is 2.17. The Morgan fingerprint density at radius 3 is 2.29 bits per heavy atom. The lowest BCUT2D eigenvalue weighted by atomic mass is 9.96. The predicted molar refractivity (Wildman–Crippen MR) is 91.7 cm³/mol. The van der Waals surface area contributed by atoms with E-state index in [0.717, 1.165) is 11.1 Å². The minimum atomic E-state index is -0.393. The van der Waals surface area contributed by atoms with E-state index in [2.05, 4.69) is 10.6 Å². The minimum Gasteiger partial charge on any atom is -0.325 e. The molecule has 1 unspecified atom stereocenters. The van der Waals surface area contributed by atoms with Gasteiger partial charge < -0.3 is 10.6 Å². The van der Waals surface area contributed by atoms with Crippen LogP contribution in [0.2, 0.25) is 0 Å². The van der Waals surface area contributed by atoms with Crippen molar-refractivity contribution in [1.82, 2.24) is 5.32 Å². The summed E-state index contributed by atoms with van der Waals surface area (Å²) in [6.07, 6.45) is 0. The molecule has 0 saturated heterocycles. The molecule has 0 bridgehead atoms. The minimum absolute atomic E-state index is 0.0787. The molecule has 1 amide bonds. The highest BCUT2D eigenvalue weighted by molar-refractivity contribution is 5.92. The summed E-state index contributed by atoms with van der Waals surface area (Å²) in [7, 11) is 0. The van der Waals surface area contributed by atoms with Crippen LogP contribution in [0.5, 0.6) is 0 Å². The molecule has 1 atom stereocenters. The van der Waals surface area contributed by atoms with E-state index >= 15 is 0 Å². The summed E-state index contributed by atoms with van der Waals surface area (Å²) in [5.41, 5.74) is 2.18. The molecule has 0 aliphatic rings. The van der Waals surface area contributed by atoms with Crippen molar-refractivity contribution in [1.29, 1.82) is 0 Å². The van der Waals surface area contributed by atoms with Gasteiger partial charge in [-0.3, -0.25) is 4.79 Å². The average Bonchev–Trinajstić information content (AvgIpc) is 2.52. The smallest absolute Gasteiger partial charge is 0.238 e. The summed E-state index contributed by atoms with van der Waals surface area (Å²) < 4.78 is 26.3. The standard InChI is InChI=1S/C19H22F2N2O/c1-12(2)19(14-5-8-15(20)9-6-14)22-11-18(24)23-17-10-16(21)7-4-13(17)3/h4-10,12,19,22H,11H2,1-3H3,(H,23,24). The molecule has 0 aliphatic carbocycles. The van der Waals surface area contributed by atoms with Gasteiger partial charge in [0.25, 0.3) is 0 Å². The van der Waals surface area contributed by atoms with Crippen molar-refractivity contribution in [2.45, 2.75) is 26.8 Å². The van der Waals surface area contributed by atoms with Crippen molar-refractivity contribution in [3.8, 4) is 0 Å². The molecule has 2 aromatic carbocycles. The lowest BCUT2D eigenvalue weighted by molar-refractivity contribution is -0.115. The molecular weight excluding hydrogens is 310 g/mol. The maximum absolute atomic E-state index is 13.3. The SMILES string of the molecule is Cc1ccc(F)cc1NC(=O)CNC(c1ccc(F)cc1)C(C)C. The molecule has 0 aliphatic heterocycles. The van der Waals surface area contributed by atoms with E-state index in [1.807, 2.05) is 13.8 Å². The number of halogens is 2. The number of hydrogen-bond acceptors (Lipinski definition) is 2. The molecule has 5 heteroatoms. The third kappa shape index (κ3) is 4.86. The van der Waals surface area contributed by atoms with Crippen LogP contribution in [-0.2, 0) is 4.79 Å². The van der Waals surface area contributed by atoms with Crippen LogP contribution in [-0.4, -0.2) is 12.5 Å². The number of aryl methyl sites for hydroxylation is 1. The fourth-order valence-electron chi connectivity index (χ4n) is 2.53. The van der Waals surface area contributed by atoms with Crippen LogP contribution >= 0.6 is 0 Å². The van der Waals surface area contributed by atoms with Crippen molar-refractivity contribution in [3.63, 3.8) is 0 Å². The third-order valence-electron chi connectivity index (χ3n) is 3.85. The van der Waals surface area contributed by atoms with Crippen molar-refractivity contribution >= 4 is 11.6 Å². The van der Waals surface area contributed by atoms with Crippen molar-refractivity contribution < 1.29 is 13.6 Å². The zero-order chi connectivity index (χ0) is 17.7. The van der Waals surface area contributed by atoms with Crippen LogP contribution < -0.4 is 10.6 Å². The van der Waals surface area contributed by atoms with Crippen molar-refractivity contribution in [2.75, 3.05) is 11.9 Å². The number of amides is 1. The lowest BCUT2D eigenvalue weighted by Crippen LogP contribution is -2.33. The van der Waals surface area contributed by atoms with Gasteiger partial charge in [-0.25, -0.2) is 8.78 Å². The summed E-state index contributed by atoms with van der Waals surface area (Å²) in [4.78, 5) is 12.1. The second-order valence-corrected chi connectivity index (χ2v) is 6.16. The van der Waals surface area contributed by atoms with Gasteiger partial charge >= 0.3 is 0 Å². The summed E-state index contributed by atoms with van der Waals surface area (Å²) >= 11 is 0. The summed E-state index contributed by atoms with van der Waals surface area (Å²) in [6, 6.07) is 10.4. The zero-order valence-corrected chi connectivity index (χ0v) is 14.1. The Bertz CT molecular complexity index is 699. The Kier molecular flexibility index (Phi) is 6.04. The highest BCUT2D eigenvalue weighted by Crippen LogP contribution is 2.22. The number of carbonyl (C=O) groups excluding carboxylic acids is 1. The van der Waals surface area contributed by atoms with Crippen molar-refractivity contribution in [3.05, 3.63) is 65.2 Å². The van der Waals surface area contributed by atoms with Gasteiger partial charge in [-0.1, -0.05) is 32.0 Å². The second kappa shape index (κ2) is 8.02. The molecule has 0 fully saturated rings. The molecule has 0 heterocycles. The van der Waals surface area contributed by atoms with Gasteiger partial charge in [-0.05, 0) is 48.2 Å². The first-order valence-electron chi connectivity index (χ1n) is 7.91. The molecule has 2 rings (SSSR count). The van der Waals surface area contributed by atoms with Crippen molar-refractivity contribution in [2.24, 2.45) is 5.92 Å². The van der Waals surface area contributed by atoms with E-state index in [0.29, 0.717) is 5.69 Å². The first kappa shape index (κ1) is 18.1. The van der Waals surface area contributed by atoms with Gasteiger partial charge in [0, 0.05) is 11.7 Å². The lowest BCUT2D eigenvalue weighted by Gasteiger charge is -2.23. The van der Waals surface area contributed by atoms with Gasteiger partial charge in [0.1, 0.15) is 11.6 Å². The number of benzene rings is 2. The molecule has 128 valence electrons. The molecule has 2 aromatic rings. The van der Waals surface area contributed by atoms with Crippen LogP contribution in [0.25, 0.3) is 0 Å². The number of hydrogen-bond donors (Lipinski definition) is 2. The molecule has 0 spiro atoms. The van der Waals surface area contributed by atoms with Crippen LogP contribution in [0.4, 0.5) is 14.5 Å². The molecular formula is C19H22F2N2O. The normalized spacial score (nSPS) is 12.2. The first-order valence-corrected chi connectivity index (χ1v) is 7.91. The highest BCUT2D eigenvalue weighted by atomic mass is 19.1. The monoisotopic (exact) mass is 332 g/mol. The van der Waals surface area contributed by atoms with Crippen LogP contribution in [0, 0.1) is 24.5 Å². The molecule has 24 heavy (non-hydrogen) atoms. The largest absolute Gasteiger partial charge is 0.325 e.